The zero-order chi connectivity index (χ0) is 13.9. The maximum absolute atomic E-state index is 3.76. The Morgan fingerprint density at radius 3 is 2.10 bits per heavy atom. The van der Waals surface area contributed by atoms with Gasteiger partial charge in [0.15, 0.2) is 0 Å². The molecule has 0 aromatic rings. The summed E-state index contributed by atoms with van der Waals surface area (Å²) in [7, 11) is 0. The summed E-state index contributed by atoms with van der Waals surface area (Å²) in [5.41, 5.74) is 0.407. The van der Waals surface area contributed by atoms with E-state index in [1.54, 1.807) is 0 Å². The van der Waals surface area contributed by atoms with Crippen LogP contribution in [0, 0.1) is 29.1 Å². The molecule has 110 valence electrons. The van der Waals surface area contributed by atoms with Crippen LogP contribution in [-0.2, 0) is 0 Å². The van der Waals surface area contributed by atoms with Crippen LogP contribution >= 0.6 is 0 Å². The highest BCUT2D eigenvalue weighted by molar-refractivity contribution is 5.30. The van der Waals surface area contributed by atoms with Gasteiger partial charge >= 0.3 is 0 Å². The first-order chi connectivity index (χ1) is 10.4. The summed E-state index contributed by atoms with van der Waals surface area (Å²) in [6, 6.07) is 0.664. The minimum Gasteiger partial charge on any atom is -0.301 e. The van der Waals surface area contributed by atoms with Crippen molar-refractivity contribution in [1.29, 1.82) is 0 Å². The molecule has 2 N–H and O–H groups in total. The van der Waals surface area contributed by atoms with Crippen molar-refractivity contribution in [3.63, 3.8) is 0 Å². The molecular formula is C19H24N2. The maximum Gasteiger partial charge on any atom is 0.0739 e. The van der Waals surface area contributed by atoms with Crippen LogP contribution in [0.15, 0.2) is 48.6 Å². The summed E-state index contributed by atoms with van der Waals surface area (Å²) in [6.07, 6.45) is 23.7. The SMILES string of the molecule is C1=CC2CCC3C=CC=CC3C3(CCNC4NC43)C2C=C1. The van der Waals surface area contributed by atoms with Gasteiger partial charge in [-0.2, -0.15) is 0 Å². The van der Waals surface area contributed by atoms with E-state index in [0.717, 1.165) is 18.4 Å². The van der Waals surface area contributed by atoms with Crippen LogP contribution in [0.25, 0.3) is 0 Å². The molecule has 0 aromatic carbocycles. The van der Waals surface area contributed by atoms with Gasteiger partial charge in [-0.3, -0.25) is 5.32 Å². The number of fused-ring (bicyclic) bond motifs is 6. The molecular weight excluding hydrogens is 256 g/mol. The van der Waals surface area contributed by atoms with E-state index in [4.69, 9.17) is 0 Å². The molecule has 5 rings (SSSR count). The van der Waals surface area contributed by atoms with Crippen molar-refractivity contribution in [2.24, 2.45) is 29.1 Å². The van der Waals surface area contributed by atoms with Crippen LogP contribution in [-0.4, -0.2) is 18.8 Å². The smallest absolute Gasteiger partial charge is 0.0739 e. The summed E-state index contributed by atoms with van der Waals surface area (Å²) in [4.78, 5) is 0. The third-order valence-electron chi connectivity index (χ3n) is 6.66. The van der Waals surface area contributed by atoms with E-state index in [-0.39, 0.29) is 0 Å². The maximum atomic E-state index is 3.76. The first-order valence-electron chi connectivity index (χ1n) is 8.59. The Kier molecular flexibility index (Phi) is 2.63. The Morgan fingerprint density at radius 1 is 0.810 bits per heavy atom. The van der Waals surface area contributed by atoms with Gasteiger partial charge in [0.2, 0.25) is 0 Å². The molecule has 0 amide bonds. The topological polar surface area (TPSA) is 34.0 Å². The van der Waals surface area contributed by atoms with Gasteiger partial charge in [0.25, 0.3) is 0 Å². The second-order valence-corrected chi connectivity index (χ2v) is 7.43. The Balaban J connectivity index is 1.65. The van der Waals surface area contributed by atoms with Crippen molar-refractivity contribution in [1.82, 2.24) is 10.6 Å². The summed E-state index contributed by atoms with van der Waals surface area (Å²) in [6.45, 7) is 1.16. The third-order valence-corrected chi connectivity index (χ3v) is 6.66. The number of nitrogens with one attached hydrogen (secondary N) is 2. The van der Waals surface area contributed by atoms with E-state index in [1.807, 2.05) is 0 Å². The zero-order valence-electron chi connectivity index (χ0n) is 12.4. The van der Waals surface area contributed by atoms with Gasteiger partial charge in [-0.05, 0) is 49.5 Å². The van der Waals surface area contributed by atoms with Crippen molar-refractivity contribution < 1.29 is 0 Å². The minimum absolute atomic E-state index is 0.407. The number of hydrogen-bond donors (Lipinski definition) is 2. The second-order valence-electron chi connectivity index (χ2n) is 7.43. The van der Waals surface area contributed by atoms with Crippen LogP contribution in [0.1, 0.15) is 19.3 Å². The predicted molar refractivity (Wildman–Crippen MR) is 85.5 cm³/mol. The standard InChI is InChI=1S/C19H24N2/c1-3-7-15-13(5-1)9-10-14-6-2-4-8-16(14)19(15)11-12-20-18-17(19)21-18/h1-8,13-18,20-21H,9-12H2. The monoisotopic (exact) mass is 280 g/mol. The van der Waals surface area contributed by atoms with Crippen molar-refractivity contribution in [3.8, 4) is 0 Å². The van der Waals surface area contributed by atoms with Gasteiger partial charge in [0, 0.05) is 11.5 Å². The molecule has 2 aliphatic heterocycles. The first kappa shape index (κ1) is 12.4. The summed E-state index contributed by atoms with van der Waals surface area (Å²) in [5, 5.41) is 7.40. The molecule has 2 nitrogen and oxygen atoms in total. The third kappa shape index (κ3) is 1.66. The van der Waals surface area contributed by atoms with Gasteiger partial charge in [-0.25, -0.2) is 0 Å². The average Bonchev–Trinajstić information content (AvgIpc) is 3.34. The van der Waals surface area contributed by atoms with E-state index >= 15 is 0 Å². The van der Waals surface area contributed by atoms with E-state index < -0.39 is 0 Å². The molecule has 0 aromatic heterocycles. The van der Waals surface area contributed by atoms with Gasteiger partial charge in [0.1, 0.15) is 0 Å². The van der Waals surface area contributed by atoms with Crippen LogP contribution in [0.5, 0.6) is 0 Å². The van der Waals surface area contributed by atoms with Gasteiger partial charge in [0.05, 0.1) is 6.17 Å². The lowest BCUT2D eigenvalue weighted by molar-refractivity contribution is 0.0626. The van der Waals surface area contributed by atoms with E-state index in [2.05, 4.69) is 59.2 Å². The normalized spacial score (nSPS) is 53.0. The molecule has 0 bridgehead atoms. The molecule has 6 unspecified atom stereocenters. The van der Waals surface area contributed by atoms with Crippen LogP contribution in [0.4, 0.5) is 0 Å². The molecule has 3 fully saturated rings. The molecule has 21 heavy (non-hydrogen) atoms. The Bertz CT molecular complexity index is 520. The Labute approximate surface area is 127 Å². The molecule has 0 radical (unpaired) electrons. The molecule has 3 aliphatic carbocycles. The highest BCUT2D eigenvalue weighted by Gasteiger charge is 2.63. The van der Waals surface area contributed by atoms with Crippen LogP contribution in [0.3, 0.4) is 0 Å². The van der Waals surface area contributed by atoms with Gasteiger partial charge < -0.3 is 5.32 Å². The number of hydrogen-bond acceptors (Lipinski definition) is 2. The van der Waals surface area contributed by atoms with Crippen molar-refractivity contribution in [3.05, 3.63) is 48.6 Å². The number of allylic oxidation sites excluding steroid dienone is 8. The summed E-state index contributed by atoms with van der Waals surface area (Å²) < 4.78 is 0. The van der Waals surface area contributed by atoms with Crippen molar-refractivity contribution in [2.45, 2.75) is 31.5 Å². The lowest BCUT2D eigenvalue weighted by Crippen LogP contribution is -2.52. The minimum atomic E-state index is 0.407. The van der Waals surface area contributed by atoms with Crippen LogP contribution < -0.4 is 10.6 Å². The fraction of sp³-hybridized carbons (Fsp3) is 0.579. The zero-order valence-corrected chi connectivity index (χ0v) is 12.4. The lowest BCUT2D eigenvalue weighted by Gasteiger charge is -2.49. The Hall–Kier alpha value is -1.12. The molecule has 2 heteroatoms. The fourth-order valence-electron chi connectivity index (χ4n) is 5.75. The highest BCUT2D eigenvalue weighted by atomic mass is 15.3. The summed E-state index contributed by atoms with van der Waals surface area (Å²) in [5.74, 6) is 2.89. The van der Waals surface area contributed by atoms with Crippen molar-refractivity contribution >= 4 is 0 Å². The first-order valence-corrected chi connectivity index (χ1v) is 8.59. The number of rotatable bonds is 0. The fourth-order valence-corrected chi connectivity index (χ4v) is 5.75. The van der Waals surface area contributed by atoms with Crippen molar-refractivity contribution in [2.75, 3.05) is 6.54 Å². The second kappa shape index (κ2) is 4.44. The lowest BCUT2D eigenvalue weighted by atomic mass is 9.55. The largest absolute Gasteiger partial charge is 0.301 e. The molecule has 2 heterocycles. The quantitative estimate of drug-likeness (QED) is 0.669. The van der Waals surface area contributed by atoms with Crippen LogP contribution in [0.2, 0.25) is 0 Å². The molecule has 5 aliphatic rings. The summed E-state index contributed by atoms with van der Waals surface area (Å²) >= 11 is 0. The van der Waals surface area contributed by atoms with E-state index in [9.17, 15) is 0 Å². The number of piperidine rings is 1. The average molecular weight is 280 g/mol. The van der Waals surface area contributed by atoms with E-state index in [1.165, 1.54) is 19.3 Å². The van der Waals surface area contributed by atoms with E-state index in [0.29, 0.717) is 29.5 Å². The molecule has 6 atom stereocenters. The van der Waals surface area contributed by atoms with Gasteiger partial charge in [-0.1, -0.05) is 48.6 Å². The molecule has 1 saturated carbocycles. The molecule has 1 spiro atoms. The predicted octanol–water partition coefficient (Wildman–Crippen LogP) is 2.77. The van der Waals surface area contributed by atoms with Gasteiger partial charge in [-0.15, -0.1) is 0 Å². The molecule has 2 saturated heterocycles. The Morgan fingerprint density at radius 2 is 1.43 bits per heavy atom. The highest BCUT2D eigenvalue weighted by Crippen LogP contribution is 2.59.